The molecule has 0 saturated heterocycles. The van der Waals surface area contributed by atoms with Crippen LogP contribution in [0.4, 0.5) is 0 Å². The molecule has 1 aliphatic carbocycles. The maximum Gasteiger partial charge on any atom is 0.329 e. The number of nitrogens with one attached hydrogen (secondary N) is 1. The van der Waals surface area contributed by atoms with Gasteiger partial charge in [0, 0.05) is 13.7 Å². The Balaban J connectivity index is 2.57. The second kappa shape index (κ2) is 7.59. The molecule has 1 atom stereocenters. The number of aliphatic carboxylic acids is 1. The summed E-state index contributed by atoms with van der Waals surface area (Å²) in [6, 6.07) is -0.680. The third-order valence-electron chi connectivity index (χ3n) is 4.10. The topological polar surface area (TPSA) is 102 Å². The van der Waals surface area contributed by atoms with Gasteiger partial charge in [-0.3, -0.25) is 4.79 Å². The van der Waals surface area contributed by atoms with Crippen molar-refractivity contribution in [2.75, 3.05) is 13.7 Å². The minimum Gasteiger partial charge on any atom is -0.480 e. The number of carboxylic acid groups (broad SMARTS) is 1. The number of carbonyl (C=O) groups excluding carboxylic acids is 1. The van der Waals surface area contributed by atoms with E-state index in [1.165, 1.54) is 0 Å². The zero-order valence-electron chi connectivity index (χ0n) is 12.4. The van der Waals surface area contributed by atoms with E-state index in [0.29, 0.717) is 38.2 Å². The molecule has 1 aliphatic rings. The molecular formula is C14H26N2O4. The van der Waals surface area contributed by atoms with Crippen molar-refractivity contribution in [2.45, 2.75) is 57.0 Å². The Morgan fingerprint density at radius 1 is 1.45 bits per heavy atom. The predicted octanol–water partition coefficient (Wildman–Crippen LogP) is 0.890. The van der Waals surface area contributed by atoms with E-state index in [1.54, 1.807) is 7.11 Å². The van der Waals surface area contributed by atoms with Crippen LogP contribution in [0.2, 0.25) is 0 Å². The first-order valence-electron chi connectivity index (χ1n) is 7.21. The molecule has 0 spiro atoms. The van der Waals surface area contributed by atoms with Crippen molar-refractivity contribution in [1.29, 1.82) is 0 Å². The first kappa shape index (κ1) is 16.9. The summed E-state index contributed by atoms with van der Waals surface area (Å²) in [5.74, 6) is -0.824. The van der Waals surface area contributed by atoms with Gasteiger partial charge in [-0.2, -0.15) is 0 Å². The molecular weight excluding hydrogens is 260 g/mol. The highest BCUT2D eigenvalue weighted by Gasteiger charge is 2.43. The number of hydrogen-bond acceptors (Lipinski definition) is 4. The minimum absolute atomic E-state index is 0.377. The number of carboxylic acids is 1. The fourth-order valence-corrected chi connectivity index (χ4v) is 2.55. The highest BCUT2D eigenvalue weighted by molar-refractivity contribution is 5.89. The van der Waals surface area contributed by atoms with Gasteiger partial charge in [-0.1, -0.05) is 6.92 Å². The van der Waals surface area contributed by atoms with Gasteiger partial charge in [-0.25, -0.2) is 4.79 Å². The van der Waals surface area contributed by atoms with E-state index in [9.17, 15) is 14.7 Å². The number of rotatable bonds is 7. The molecule has 1 unspecified atom stereocenters. The smallest absolute Gasteiger partial charge is 0.329 e. The standard InChI is InChI=1S/C14H26N2O4/c1-10-5-7-14(8-6-10,13(18)19)16-12(17)11(15)4-3-9-20-2/h10-11H,3-9,15H2,1-2H3,(H,16,17)(H,18,19). The van der Waals surface area contributed by atoms with E-state index in [2.05, 4.69) is 12.2 Å². The lowest BCUT2D eigenvalue weighted by Crippen LogP contribution is -2.59. The lowest BCUT2D eigenvalue weighted by molar-refractivity contribution is -0.150. The maximum atomic E-state index is 12.1. The Kier molecular flexibility index (Phi) is 6.42. The van der Waals surface area contributed by atoms with Gasteiger partial charge in [-0.05, 0) is 44.4 Å². The van der Waals surface area contributed by atoms with E-state index in [4.69, 9.17) is 10.5 Å². The number of carbonyl (C=O) groups is 2. The summed E-state index contributed by atoms with van der Waals surface area (Å²) in [5.41, 5.74) is 4.66. The Labute approximate surface area is 120 Å². The van der Waals surface area contributed by atoms with Gasteiger partial charge in [0.15, 0.2) is 0 Å². The third kappa shape index (κ3) is 4.45. The van der Waals surface area contributed by atoms with Crippen molar-refractivity contribution < 1.29 is 19.4 Å². The molecule has 1 fully saturated rings. The van der Waals surface area contributed by atoms with Gasteiger partial charge < -0.3 is 20.9 Å². The quantitative estimate of drug-likeness (QED) is 0.603. The minimum atomic E-state index is -1.14. The van der Waals surface area contributed by atoms with Gasteiger partial charge >= 0.3 is 5.97 Å². The fourth-order valence-electron chi connectivity index (χ4n) is 2.55. The molecule has 1 rings (SSSR count). The van der Waals surface area contributed by atoms with Gasteiger partial charge in [0.1, 0.15) is 5.54 Å². The first-order valence-corrected chi connectivity index (χ1v) is 7.21. The summed E-state index contributed by atoms with van der Waals surface area (Å²) in [6.45, 7) is 2.65. The van der Waals surface area contributed by atoms with Crippen LogP contribution < -0.4 is 11.1 Å². The Morgan fingerprint density at radius 3 is 2.55 bits per heavy atom. The van der Waals surface area contributed by atoms with Crippen LogP contribution in [0, 0.1) is 5.92 Å². The molecule has 20 heavy (non-hydrogen) atoms. The molecule has 0 radical (unpaired) electrons. The summed E-state index contributed by atoms with van der Waals surface area (Å²) < 4.78 is 4.91. The number of amides is 1. The molecule has 0 aromatic carbocycles. The number of hydrogen-bond donors (Lipinski definition) is 3. The van der Waals surface area contributed by atoms with E-state index in [0.717, 1.165) is 12.8 Å². The van der Waals surface area contributed by atoms with Crippen molar-refractivity contribution in [1.82, 2.24) is 5.32 Å². The summed E-state index contributed by atoms with van der Waals surface area (Å²) in [6.07, 6.45) is 3.74. The molecule has 116 valence electrons. The summed E-state index contributed by atoms with van der Waals surface area (Å²) in [4.78, 5) is 23.6. The van der Waals surface area contributed by atoms with Crippen LogP contribution >= 0.6 is 0 Å². The number of nitrogens with two attached hydrogens (primary N) is 1. The predicted molar refractivity (Wildman–Crippen MR) is 75.2 cm³/mol. The summed E-state index contributed by atoms with van der Waals surface area (Å²) >= 11 is 0. The Hall–Kier alpha value is -1.14. The highest BCUT2D eigenvalue weighted by atomic mass is 16.5. The lowest BCUT2D eigenvalue weighted by atomic mass is 9.77. The average molecular weight is 286 g/mol. The molecule has 0 bridgehead atoms. The fraction of sp³-hybridized carbons (Fsp3) is 0.857. The van der Waals surface area contributed by atoms with Crippen LogP contribution in [0.5, 0.6) is 0 Å². The molecule has 4 N–H and O–H groups in total. The second-order valence-corrected chi connectivity index (χ2v) is 5.80. The van der Waals surface area contributed by atoms with Crippen molar-refractivity contribution in [3.05, 3.63) is 0 Å². The lowest BCUT2D eigenvalue weighted by Gasteiger charge is -2.37. The first-order chi connectivity index (χ1) is 9.41. The monoisotopic (exact) mass is 286 g/mol. The van der Waals surface area contributed by atoms with E-state index >= 15 is 0 Å². The maximum absolute atomic E-state index is 12.1. The molecule has 1 amide bonds. The van der Waals surface area contributed by atoms with Gasteiger partial charge in [-0.15, -0.1) is 0 Å². The zero-order valence-corrected chi connectivity index (χ0v) is 12.4. The Morgan fingerprint density at radius 2 is 2.05 bits per heavy atom. The molecule has 0 aliphatic heterocycles. The largest absolute Gasteiger partial charge is 0.480 e. The molecule has 6 nitrogen and oxygen atoms in total. The molecule has 6 heteroatoms. The normalized spacial score (nSPS) is 27.9. The summed E-state index contributed by atoms with van der Waals surface area (Å²) in [7, 11) is 1.59. The SMILES string of the molecule is COCCCC(N)C(=O)NC1(C(=O)O)CCC(C)CC1. The number of ether oxygens (including phenoxy) is 1. The van der Waals surface area contributed by atoms with E-state index in [-0.39, 0.29) is 5.91 Å². The van der Waals surface area contributed by atoms with Crippen LogP contribution in [0.1, 0.15) is 45.4 Å². The van der Waals surface area contributed by atoms with Gasteiger partial charge in [0.2, 0.25) is 5.91 Å². The number of methoxy groups -OCH3 is 1. The van der Waals surface area contributed by atoms with E-state index in [1.807, 2.05) is 0 Å². The van der Waals surface area contributed by atoms with Gasteiger partial charge in [0.25, 0.3) is 0 Å². The van der Waals surface area contributed by atoms with Crippen LogP contribution in [-0.2, 0) is 14.3 Å². The third-order valence-corrected chi connectivity index (χ3v) is 4.10. The molecule has 0 aromatic heterocycles. The van der Waals surface area contributed by atoms with E-state index < -0.39 is 17.6 Å². The van der Waals surface area contributed by atoms with Crippen molar-refractivity contribution in [3.63, 3.8) is 0 Å². The summed E-state index contributed by atoms with van der Waals surface area (Å²) in [5, 5.41) is 12.1. The van der Waals surface area contributed by atoms with Crippen LogP contribution in [0.25, 0.3) is 0 Å². The Bertz CT molecular complexity index is 338. The van der Waals surface area contributed by atoms with Crippen LogP contribution in [-0.4, -0.2) is 42.3 Å². The van der Waals surface area contributed by atoms with Crippen LogP contribution in [0.15, 0.2) is 0 Å². The van der Waals surface area contributed by atoms with Gasteiger partial charge in [0.05, 0.1) is 6.04 Å². The molecule has 1 saturated carbocycles. The zero-order chi connectivity index (χ0) is 15.2. The van der Waals surface area contributed by atoms with Crippen molar-refractivity contribution >= 4 is 11.9 Å². The highest BCUT2D eigenvalue weighted by Crippen LogP contribution is 2.32. The molecule has 0 heterocycles. The van der Waals surface area contributed by atoms with Crippen molar-refractivity contribution in [2.24, 2.45) is 11.7 Å². The second-order valence-electron chi connectivity index (χ2n) is 5.80. The average Bonchev–Trinajstić information content (AvgIpc) is 2.41. The molecule has 0 aromatic rings. The van der Waals surface area contributed by atoms with Crippen molar-refractivity contribution in [3.8, 4) is 0 Å². The van der Waals surface area contributed by atoms with Crippen LogP contribution in [0.3, 0.4) is 0 Å².